The van der Waals surface area contributed by atoms with Gasteiger partial charge in [-0.3, -0.25) is 4.79 Å². The fraction of sp³-hybridized carbons (Fsp3) is 0.333. The normalized spacial score (nSPS) is 20.8. The van der Waals surface area contributed by atoms with Gasteiger partial charge in [-0.05, 0) is 49.1 Å². The molecular weight excluding hydrogens is 396 g/mol. The lowest BCUT2D eigenvalue weighted by atomic mass is 9.89. The van der Waals surface area contributed by atoms with Crippen molar-refractivity contribution >= 4 is 18.3 Å². The Morgan fingerprint density at radius 2 is 1.67 bits per heavy atom. The highest BCUT2D eigenvalue weighted by Gasteiger charge is 2.37. The van der Waals surface area contributed by atoms with Crippen molar-refractivity contribution in [2.75, 3.05) is 19.6 Å². The third-order valence-corrected chi connectivity index (χ3v) is 6.20. The molecule has 2 atom stereocenters. The van der Waals surface area contributed by atoms with Crippen molar-refractivity contribution in [2.24, 2.45) is 11.7 Å². The van der Waals surface area contributed by atoms with Gasteiger partial charge in [0.1, 0.15) is 5.69 Å². The summed E-state index contributed by atoms with van der Waals surface area (Å²) in [6.07, 6.45) is 2.32. The number of nitrogens with two attached hydrogens (primary N) is 1. The number of likely N-dealkylation sites (tertiary alicyclic amines) is 1. The quantitative estimate of drug-likeness (QED) is 0.676. The van der Waals surface area contributed by atoms with Crippen LogP contribution in [0.4, 0.5) is 0 Å². The predicted molar refractivity (Wildman–Crippen MR) is 120 cm³/mol. The summed E-state index contributed by atoms with van der Waals surface area (Å²) in [4.78, 5) is 15.5. The van der Waals surface area contributed by atoms with Gasteiger partial charge in [-0.15, -0.1) is 12.4 Å². The smallest absolute Gasteiger partial charge is 0.272 e. The van der Waals surface area contributed by atoms with Gasteiger partial charge in [0.25, 0.3) is 5.91 Å². The third-order valence-electron chi connectivity index (χ3n) is 6.20. The third kappa shape index (κ3) is 3.87. The van der Waals surface area contributed by atoms with Gasteiger partial charge in [0.05, 0.1) is 11.4 Å². The summed E-state index contributed by atoms with van der Waals surface area (Å²) in [5.74, 6) is 1.10. The summed E-state index contributed by atoms with van der Waals surface area (Å²) >= 11 is 0. The van der Waals surface area contributed by atoms with Crippen LogP contribution in [0.25, 0.3) is 5.69 Å². The Kier molecular flexibility index (Phi) is 5.93. The molecule has 1 saturated carbocycles. The first-order chi connectivity index (χ1) is 14.2. The van der Waals surface area contributed by atoms with E-state index < -0.39 is 0 Å². The SMILES string of the molecule is Cl.NC[C@@H]1CN(C(=O)c2cc(C3CC3)nn2-c2ccccc2)C[C@H]1c1ccccc1. The first kappa shape index (κ1) is 20.6. The fourth-order valence-electron chi connectivity index (χ4n) is 4.41. The lowest BCUT2D eigenvalue weighted by molar-refractivity contribution is 0.0777. The van der Waals surface area contributed by atoms with E-state index >= 15 is 0 Å². The fourth-order valence-corrected chi connectivity index (χ4v) is 4.41. The van der Waals surface area contributed by atoms with Gasteiger partial charge in [0, 0.05) is 24.9 Å². The van der Waals surface area contributed by atoms with Gasteiger partial charge in [-0.25, -0.2) is 4.68 Å². The number of amides is 1. The lowest BCUT2D eigenvalue weighted by Gasteiger charge is -2.17. The van der Waals surface area contributed by atoms with E-state index in [2.05, 4.69) is 24.3 Å². The largest absolute Gasteiger partial charge is 0.336 e. The van der Waals surface area contributed by atoms with Crippen LogP contribution in [0, 0.1) is 5.92 Å². The maximum Gasteiger partial charge on any atom is 0.272 e. The maximum atomic E-state index is 13.6. The van der Waals surface area contributed by atoms with Crippen LogP contribution >= 0.6 is 12.4 Å². The zero-order valence-electron chi connectivity index (χ0n) is 16.9. The molecule has 1 aliphatic carbocycles. The highest BCUT2D eigenvalue weighted by atomic mass is 35.5. The van der Waals surface area contributed by atoms with Crippen LogP contribution in [0.2, 0.25) is 0 Å². The van der Waals surface area contributed by atoms with Crippen molar-refractivity contribution in [1.29, 1.82) is 0 Å². The maximum absolute atomic E-state index is 13.6. The minimum absolute atomic E-state index is 0. The molecule has 2 heterocycles. The zero-order chi connectivity index (χ0) is 19.8. The number of carbonyl (C=O) groups is 1. The molecule has 6 heteroatoms. The molecule has 2 N–H and O–H groups in total. The van der Waals surface area contributed by atoms with E-state index in [4.69, 9.17) is 10.8 Å². The van der Waals surface area contributed by atoms with Crippen LogP contribution < -0.4 is 5.73 Å². The molecule has 1 amide bonds. The van der Waals surface area contributed by atoms with Crippen molar-refractivity contribution in [3.05, 3.63) is 83.7 Å². The second-order valence-corrected chi connectivity index (χ2v) is 8.20. The summed E-state index contributed by atoms with van der Waals surface area (Å²) in [7, 11) is 0. The average molecular weight is 423 g/mol. The molecule has 1 aromatic heterocycles. The summed E-state index contributed by atoms with van der Waals surface area (Å²) in [5, 5.41) is 4.80. The molecule has 0 radical (unpaired) electrons. The summed E-state index contributed by atoms with van der Waals surface area (Å²) in [5.41, 5.74) is 9.95. The van der Waals surface area contributed by atoms with Gasteiger partial charge in [0.2, 0.25) is 0 Å². The molecule has 0 bridgehead atoms. The van der Waals surface area contributed by atoms with E-state index in [0.717, 1.165) is 24.2 Å². The number of para-hydroxylation sites is 1. The van der Waals surface area contributed by atoms with Crippen LogP contribution in [0.15, 0.2) is 66.7 Å². The van der Waals surface area contributed by atoms with Gasteiger partial charge < -0.3 is 10.6 Å². The van der Waals surface area contributed by atoms with E-state index in [9.17, 15) is 4.79 Å². The standard InChI is InChI=1S/C24H26N4O.ClH/c25-14-19-15-27(16-21(19)17-7-3-1-4-8-17)24(29)23-13-22(18-11-12-18)26-28(23)20-9-5-2-6-10-20;/h1-10,13,18-19,21H,11-12,14-16,25H2;1H/t19-,21+;/m1./s1. The van der Waals surface area contributed by atoms with E-state index in [1.54, 1.807) is 0 Å². The molecule has 3 aromatic rings. The number of aromatic nitrogens is 2. The van der Waals surface area contributed by atoms with Crippen molar-refractivity contribution in [2.45, 2.75) is 24.7 Å². The molecule has 2 fully saturated rings. The van der Waals surface area contributed by atoms with E-state index in [0.29, 0.717) is 31.2 Å². The molecule has 5 nitrogen and oxygen atoms in total. The second kappa shape index (κ2) is 8.62. The van der Waals surface area contributed by atoms with Crippen molar-refractivity contribution in [1.82, 2.24) is 14.7 Å². The highest BCUT2D eigenvalue weighted by molar-refractivity contribution is 5.93. The van der Waals surface area contributed by atoms with E-state index in [-0.39, 0.29) is 30.2 Å². The van der Waals surface area contributed by atoms with E-state index in [1.165, 1.54) is 5.56 Å². The number of halogens is 1. The lowest BCUT2D eigenvalue weighted by Crippen LogP contribution is -2.31. The Balaban J connectivity index is 0.00000218. The molecule has 5 rings (SSSR count). The van der Waals surface area contributed by atoms with Crippen LogP contribution in [0.1, 0.15) is 46.4 Å². The van der Waals surface area contributed by atoms with Crippen LogP contribution in [-0.2, 0) is 0 Å². The predicted octanol–water partition coefficient (Wildman–Crippen LogP) is 3.99. The van der Waals surface area contributed by atoms with Gasteiger partial charge in [-0.1, -0.05) is 48.5 Å². The summed E-state index contributed by atoms with van der Waals surface area (Å²) in [6, 6.07) is 22.4. The Labute approximate surface area is 183 Å². The molecule has 0 unspecified atom stereocenters. The Bertz CT molecular complexity index is 1000. The first-order valence-electron chi connectivity index (χ1n) is 10.4. The molecule has 1 saturated heterocycles. The molecule has 2 aliphatic rings. The van der Waals surface area contributed by atoms with Crippen LogP contribution in [0.3, 0.4) is 0 Å². The summed E-state index contributed by atoms with van der Waals surface area (Å²) < 4.78 is 1.82. The number of hydrogen-bond acceptors (Lipinski definition) is 3. The number of rotatable bonds is 5. The molecule has 1 aliphatic heterocycles. The molecule has 156 valence electrons. The first-order valence-corrected chi connectivity index (χ1v) is 10.4. The summed E-state index contributed by atoms with van der Waals surface area (Å²) in [6.45, 7) is 1.96. The number of benzene rings is 2. The Morgan fingerprint density at radius 3 is 2.30 bits per heavy atom. The van der Waals surface area contributed by atoms with Gasteiger partial charge in [0.15, 0.2) is 0 Å². The number of hydrogen-bond donors (Lipinski definition) is 1. The molecular formula is C24H27ClN4O. The van der Waals surface area contributed by atoms with Gasteiger partial charge in [-0.2, -0.15) is 5.10 Å². The minimum Gasteiger partial charge on any atom is -0.336 e. The van der Waals surface area contributed by atoms with Crippen molar-refractivity contribution < 1.29 is 4.79 Å². The number of carbonyl (C=O) groups excluding carboxylic acids is 1. The van der Waals surface area contributed by atoms with Crippen LogP contribution in [0.5, 0.6) is 0 Å². The van der Waals surface area contributed by atoms with Crippen LogP contribution in [-0.4, -0.2) is 40.2 Å². The van der Waals surface area contributed by atoms with Crippen molar-refractivity contribution in [3.8, 4) is 5.69 Å². The second-order valence-electron chi connectivity index (χ2n) is 8.20. The Morgan fingerprint density at radius 1 is 1.00 bits per heavy atom. The highest BCUT2D eigenvalue weighted by Crippen LogP contribution is 2.40. The zero-order valence-corrected chi connectivity index (χ0v) is 17.7. The monoisotopic (exact) mass is 422 g/mol. The minimum atomic E-state index is 0. The van der Waals surface area contributed by atoms with E-state index in [1.807, 2.05) is 52.0 Å². The molecule has 2 aromatic carbocycles. The van der Waals surface area contributed by atoms with Gasteiger partial charge >= 0.3 is 0 Å². The van der Waals surface area contributed by atoms with Crippen molar-refractivity contribution in [3.63, 3.8) is 0 Å². The molecule has 30 heavy (non-hydrogen) atoms. The number of nitrogens with zero attached hydrogens (tertiary/aromatic N) is 3. The topological polar surface area (TPSA) is 64.2 Å². The average Bonchev–Trinajstić information content (AvgIpc) is 3.38. The Hall–Kier alpha value is -2.63. The molecule has 0 spiro atoms.